The number of anilines is 2. The highest BCUT2D eigenvalue weighted by molar-refractivity contribution is 7.15. The molecule has 0 spiro atoms. The summed E-state index contributed by atoms with van der Waals surface area (Å²) >= 11 is 1.44. The van der Waals surface area contributed by atoms with Crippen LogP contribution in [0.15, 0.2) is 24.3 Å². The van der Waals surface area contributed by atoms with Crippen LogP contribution in [0.5, 0.6) is 5.75 Å². The van der Waals surface area contributed by atoms with Crippen molar-refractivity contribution in [3.63, 3.8) is 0 Å². The van der Waals surface area contributed by atoms with Crippen LogP contribution in [0.25, 0.3) is 0 Å². The molecule has 0 saturated carbocycles. The van der Waals surface area contributed by atoms with Gasteiger partial charge in [0.15, 0.2) is 0 Å². The molecule has 2 rings (SSSR count). The Hall–Kier alpha value is -1.66. The molecule has 0 atom stereocenters. The summed E-state index contributed by atoms with van der Waals surface area (Å²) < 4.78 is 5.13. The average Bonchev–Trinajstić information content (AvgIpc) is 2.77. The summed E-state index contributed by atoms with van der Waals surface area (Å²) in [4.78, 5) is 0. The number of nitrogens with one attached hydrogen (secondary N) is 1. The van der Waals surface area contributed by atoms with Crippen LogP contribution in [0.2, 0.25) is 0 Å². The van der Waals surface area contributed by atoms with Gasteiger partial charge in [0.1, 0.15) is 10.8 Å². The van der Waals surface area contributed by atoms with E-state index in [9.17, 15) is 0 Å². The van der Waals surface area contributed by atoms with Gasteiger partial charge in [-0.2, -0.15) is 0 Å². The van der Waals surface area contributed by atoms with Crippen molar-refractivity contribution in [1.29, 1.82) is 0 Å². The second-order valence-corrected chi connectivity index (χ2v) is 4.12. The van der Waals surface area contributed by atoms with E-state index in [1.54, 1.807) is 7.11 Å². The van der Waals surface area contributed by atoms with E-state index in [2.05, 4.69) is 15.5 Å². The zero-order valence-corrected chi connectivity index (χ0v) is 9.62. The number of nitrogens with zero attached hydrogens (tertiary/aromatic N) is 2. The van der Waals surface area contributed by atoms with Crippen LogP contribution in [0.4, 0.5) is 10.8 Å². The molecule has 0 aliphatic heterocycles. The topological polar surface area (TPSA) is 73.1 Å². The van der Waals surface area contributed by atoms with Crippen molar-refractivity contribution in [2.75, 3.05) is 12.4 Å². The van der Waals surface area contributed by atoms with Crippen LogP contribution in [0, 0.1) is 0 Å². The van der Waals surface area contributed by atoms with Gasteiger partial charge >= 0.3 is 0 Å². The molecule has 3 N–H and O–H groups in total. The first-order chi connectivity index (χ1) is 7.81. The lowest BCUT2D eigenvalue weighted by Crippen LogP contribution is -1.94. The third-order valence-electron chi connectivity index (χ3n) is 1.96. The molecule has 2 aromatic rings. The average molecular weight is 236 g/mol. The summed E-state index contributed by atoms with van der Waals surface area (Å²) in [5, 5.41) is 12.6. The van der Waals surface area contributed by atoms with Crippen LogP contribution in [-0.4, -0.2) is 17.3 Å². The van der Waals surface area contributed by atoms with Gasteiger partial charge in [-0.25, -0.2) is 0 Å². The maximum absolute atomic E-state index is 5.46. The standard InChI is InChI=1S/C10H12N4OS/c1-15-8-4-2-3-7(5-8)12-10-14-13-9(6-11)16-10/h2-5H,6,11H2,1H3,(H,12,14). The Kier molecular flexibility index (Phi) is 3.33. The van der Waals surface area contributed by atoms with E-state index in [0.717, 1.165) is 21.6 Å². The first kappa shape index (κ1) is 10.8. The van der Waals surface area contributed by atoms with E-state index in [1.165, 1.54) is 11.3 Å². The van der Waals surface area contributed by atoms with Gasteiger partial charge in [0.05, 0.1) is 7.11 Å². The zero-order chi connectivity index (χ0) is 11.4. The number of ether oxygens (including phenoxy) is 1. The minimum Gasteiger partial charge on any atom is -0.497 e. The zero-order valence-electron chi connectivity index (χ0n) is 8.80. The molecule has 0 aliphatic carbocycles. The third kappa shape index (κ3) is 2.47. The molecule has 0 bridgehead atoms. The summed E-state index contributed by atoms with van der Waals surface area (Å²) in [7, 11) is 1.64. The molecule has 0 fully saturated rings. The Morgan fingerprint density at radius 2 is 2.31 bits per heavy atom. The highest BCUT2D eigenvalue weighted by Gasteiger charge is 2.03. The Bertz CT molecular complexity index is 471. The molecular formula is C10H12N4OS. The molecule has 0 radical (unpaired) electrons. The minimum absolute atomic E-state index is 0.414. The third-order valence-corrected chi connectivity index (χ3v) is 2.82. The number of benzene rings is 1. The Balaban J connectivity index is 2.13. The number of hydrogen-bond acceptors (Lipinski definition) is 6. The van der Waals surface area contributed by atoms with Gasteiger partial charge in [0.2, 0.25) is 5.13 Å². The van der Waals surface area contributed by atoms with Crippen LogP contribution in [0.1, 0.15) is 5.01 Å². The lowest BCUT2D eigenvalue weighted by Gasteiger charge is -2.04. The predicted molar refractivity (Wildman–Crippen MR) is 64.1 cm³/mol. The lowest BCUT2D eigenvalue weighted by atomic mass is 10.3. The van der Waals surface area contributed by atoms with E-state index in [-0.39, 0.29) is 0 Å². The number of methoxy groups -OCH3 is 1. The highest BCUT2D eigenvalue weighted by atomic mass is 32.1. The molecule has 0 aliphatic rings. The maximum atomic E-state index is 5.46. The Morgan fingerprint density at radius 3 is 3.00 bits per heavy atom. The largest absolute Gasteiger partial charge is 0.497 e. The van der Waals surface area contributed by atoms with Crippen molar-refractivity contribution in [3.05, 3.63) is 29.3 Å². The van der Waals surface area contributed by atoms with E-state index in [1.807, 2.05) is 24.3 Å². The van der Waals surface area contributed by atoms with Crippen molar-refractivity contribution >= 4 is 22.2 Å². The van der Waals surface area contributed by atoms with Gasteiger partial charge in [0, 0.05) is 18.3 Å². The van der Waals surface area contributed by atoms with Crippen LogP contribution in [0.3, 0.4) is 0 Å². The first-order valence-electron chi connectivity index (χ1n) is 4.75. The van der Waals surface area contributed by atoms with Crippen molar-refractivity contribution in [3.8, 4) is 5.75 Å². The van der Waals surface area contributed by atoms with Crippen molar-refractivity contribution in [1.82, 2.24) is 10.2 Å². The van der Waals surface area contributed by atoms with Gasteiger partial charge in [-0.1, -0.05) is 17.4 Å². The molecule has 16 heavy (non-hydrogen) atoms. The maximum Gasteiger partial charge on any atom is 0.210 e. The fourth-order valence-corrected chi connectivity index (χ4v) is 1.85. The second-order valence-electron chi connectivity index (χ2n) is 3.06. The summed E-state index contributed by atoms with van der Waals surface area (Å²) in [5.41, 5.74) is 6.38. The number of nitrogens with two attached hydrogens (primary N) is 1. The van der Waals surface area contributed by atoms with Gasteiger partial charge in [-0.3, -0.25) is 0 Å². The van der Waals surface area contributed by atoms with Gasteiger partial charge < -0.3 is 15.8 Å². The van der Waals surface area contributed by atoms with Gasteiger partial charge in [-0.15, -0.1) is 10.2 Å². The SMILES string of the molecule is COc1cccc(Nc2nnc(CN)s2)c1. The smallest absolute Gasteiger partial charge is 0.210 e. The van der Waals surface area contributed by atoms with Crippen molar-refractivity contribution in [2.24, 2.45) is 5.73 Å². The molecule has 1 aromatic heterocycles. The number of hydrogen-bond donors (Lipinski definition) is 2. The molecule has 0 unspecified atom stereocenters. The minimum atomic E-state index is 0.414. The predicted octanol–water partition coefficient (Wildman–Crippen LogP) is 1.75. The van der Waals surface area contributed by atoms with Crippen LogP contribution >= 0.6 is 11.3 Å². The summed E-state index contributed by atoms with van der Waals surface area (Å²) in [6.45, 7) is 0.414. The van der Waals surface area contributed by atoms with E-state index < -0.39 is 0 Å². The van der Waals surface area contributed by atoms with Gasteiger partial charge in [-0.05, 0) is 12.1 Å². The lowest BCUT2D eigenvalue weighted by molar-refractivity contribution is 0.415. The Labute approximate surface area is 97.3 Å². The molecule has 0 saturated heterocycles. The molecule has 84 valence electrons. The quantitative estimate of drug-likeness (QED) is 0.846. The summed E-state index contributed by atoms with van der Waals surface area (Å²) in [5.74, 6) is 0.800. The number of rotatable bonds is 4. The second kappa shape index (κ2) is 4.91. The molecule has 6 heteroatoms. The molecule has 0 amide bonds. The Morgan fingerprint density at radius 1 is 1.44 bits per heavy atom. The highest BCUT2D eigenvalue weighted by Crippen LogP contribution is 2.23. The van der Waals surface area contributed by atoms with Crippen LogP contribution < -0.4 is 15.8 Å². The molecule has 1 heterocycles. The van der Waals surface area contributed by atoms with Crippen LogP contribution in [-0.2, 0) is 6.54 Å². The normalized spacial score (nSPS) is 10.1. The summed E-state index contributed by atoms with van der Waals surface area (Å²) in [6.07, 6.45) is 0. The van der Waals surface area contributed by atoms with E-state index in [0.29, 0.717) is 6.54 Å². The molecule has 5 nitrogen and oxygen atoms in total. The van der Waals surface area contributed by atoms with Crippen molar-refractivity contribution < 1.29 is 4.74 Å². The fourth-order valence-electron chi connectivity index (χ4n) is 1.21. The molecule has 1 aromatic carbocycles. The van der Waals surface area contributed by atoms with E-state index >= 15 is 0 Å². The van der Waals surface area contributed by atoms with Gasteiger partial charge in [0.25, 0.3) is 0 Å². The number of aromatic nitrogens is 2. The van der Waals surface area contributed by atoms with Crippen molar-refractivity contribution in [2.45, 2.75) is 6.54 Å². The first-order valence-corrected chi connectivity index (χ1v) is 5.57. The van der Waals surface area contributed by atoms with E-state index in [4.69, 9.17) is 10.5 Å². The monoisotopic (exact) mass is 236 g/mol. The molecular weight excluding hydrogens is 224 g/mol. The fraction of sp³-hybridized carbons (Fsp3) is 0.200. The summed E-state index contributed by atoms with van der Waals surface area (Å²) in [6, 6.07) is 7.62.